The summed E-state index contributed by atoms with van der Waals surface area (Å²) < 4.78 is 1.81. The molecule has 0 spiro atoms. The highest BCUT2D eigenvalue weighted by molar-refractivity contribution is 7.09. The number of nitrogens with one attached hydrogen (secondary N) is 1. The Labute approximate surface area is 141 Å². The Hall–Kier alpha value is -1.66. The summed E-state index contributed by atoms with van der Waals surface area (Å²) in [5.41, 5.74) is 1.16. The molecule has 0 saturated carbocycles. The van der Waals surface area contributed by atoms with Gasteiger partial charge in [-0.2, -0.15) is 5.10 Å². The van der Waals surface area contributed by atoms with Crippen LogP contribution < -0.4 is 5.32 Å². The van der Waals surface area contributed by atoms with Crippen LogP contribution in [0.3, 0.4) is 0 Å². The van der Waals surface area contributed by atoms with Gasteiger partial charge >= 0.3 is 0 Å². The van der Waals surface area contributed by atoms with Gasteiger partial charge in [-0.05, 0) is 30.4 Å². The van der Waals surface area contributed by atoms with Gasteiger partial charge in [0.05, 0.1) is 12.1 Å². The highest BCUT2D eigenvalue weighted by Crippen LogP contribution is 2.29. The second-order valence-electron chi connectivity index (χ2n) is 6.07. The molecule has 6 heteroatoms. The maximum absolute atomic E-state index is 13.0. The average molecular weight is 332 g/mol. The van der Waals surface area contributed by atoms with E-state index in [1.54, 1.807) is 11.3 Å². The molecule has 0 aliphatic carbocycles. The summed E-state index contributed by atoms with van der Waals surface area (Å²) in [4.78, 5) is 16.3. The van der Waals surface area contributed by atoms with E-state index in [4.69, 9.17) is 0 Å². The average Bonchev–Trinajstić information content (AvgIpc) is 3.28. The molecule has 1 aliphatic heterocycles. The molecule has 0 aromatic carbocycles. The van der Waals surface area contributed by atoms with Crippen molar-refractivity contribution in [3.05, 3.63) is 40.3 Å². The number of amides is 1. The Bertz CT molecular complexity index is 637. The molecule has 124 valence electrons. The molecular weight excluding hydrogens is 308 g/mol. The number of thiophene rings is 1. The second-order valence-corrected chi connectivity index (χ2v) is 7.10. The zero-order valence-electron chi connectivity index (χ0n) is 13.7. The van der Waals surface area contributed by atoms with Crippen LogP contribution in [0.15, 0.2) is 29.9 Å². The van der Waals surface area contributed by atoms with Crippen molar-refractivity contribution in [1.82, 2.24) is 20.0 Å². The highest BCUT2D eigenvalue weighted by Gasteiger charge is 2.36. The maximum Gasteiger partial charge on any atom is 0.227 e. The minimum absolute atomic E-state index is 0.0162. The minimum atomic E-state index is 0.0162. The van der Waals surface area contributed by atoms with E-state index in [1.807, 2.05) is 29.0 Å². The lowest BCUT2D eigenvalue weighted by atomic mass is 9.89. The van der Waals surface area contributed by atoms with Gasteiger partial charge in [0.2, 0.25) is 5.91 Å². The van der Waals surface area contributed by atoms with Crippen molar-refractivity contribution in [3.63, 3.8) is 0 Å². The molecular formula is C17H24N4OS. The summed E-state index contributed by atoms with van der Waals surface area (Å²) in [5, 5.41) is 9.72. The number of hydrogen-bond acceptors (Lipinski definition) is 4. The summed E-state index contributed by atoms with van der Waals surface area (Å²) in [6.07, 6.45) is 4.86. The molecule has 3 heterocycles. The van der Waals surface area contributed by atoms with Gasteiger partial charge in [-0.15, -0.1) is 11.3 Å². The van der Waals surface area contributed by atoms with Crippen molar-refractivity contribution in [2.24, 2.45) is 13.0 Å². The van der Waals surface area contributed by atoms with E-state index in [0.717, 1.165) is 38.2 Å². The van der Waals surface area contributed by atoms with Crippen LogP contribution in [0.4, 0.5) is 0 Å². The van der Waals surface area contributed by atoms with Gasteiger partial charge in [0, 0.05) is 50.2 Å². The van der Waals surface area contributed by atoms with Gasteiger partial charge in [-0.1, -0.05) is 6.07 Å². The fourth-order valence-corrected chi connectivity index (χ4v) is 3.98. The van der Waals surface area contributed by atoms with E-state index < -0.39 is 0 Å². The van der Waals surface area contributed by atoms with Crippen LogP contribution in [0.2, 0.25) is 0 Å². The summed E-state index contributed by atoms with van der Waals surface area (Å²) >= 11 is 1.76. The number of carbonyl (C=O) groups is 1. The molecule has 23 heavy (non-hydrogen) atoms. The Morgan fingerprint density at radius 1 is 1.52 bits per heavy atom. The first-order chi connectivity index (χ1) is 11.2. The SMILES string of the molecule is CCN(CCc1cccs1)C(=O)[C@H]1CNC[C@@H]1c1cnn(C)c1. The normalized spacial score (nSPS) is 20.8. The topological polar surface area (TPSA) is 50.2 Å². The van der Waals surface area contributed by atoms with Crippen molar-refractivity contribution in [3.8, 4) is 0 Å². The Kier molecular flexibility index (Phi) is 5.13. The molecule has 2 atom stereocenters. The summed E-state index contributed by atoms with van der Waals surface area (Å²) in [6.45, 7) is 5.23. The van der Waals surface area contributed by atoms with E-state index in [9.17, 15) is 4.79 Å². The second kappa shape index (κ2) is 7.27. The number of aryl methyl sites for hydroxylation is 1. The van der Waals surface area contributed by atoms with E-state index in [1.165, 1.54) is 4.88 Å². The summed E-state index contributed by atoms with van der Waals surface area (Å²) in [7, 11) is 1.92. The van der Waals surface area contributed by atoms with E-state index in [2.05, 4.69) is 34.9 Å². The number of hydrogen-bond donors (Lipinski definition) is 1. The minimum Gasteiger partial charge on any atom is -0.342 e. The van der Waals surface area contributed by atoms with Gasteiger partial charge in [-0.3, -0.25) is 9.48 Å². The molecule has 1 saturated heterocycles. The van der Waals surface area contributed by atoms with Crippen LogP contribution in [-0.2, 0) is 18.3 Å². The van der Waals surface area contributed by atoms with Crippen molar-refractivity contribution < 1.29 is 4.79 Å². The molecule has 0 unspecified atom stereocenters. The lowest BCUT2D eigenvalue weighted by Gasteiger charge is -2.26. The fourth-order valence-electron chi connectivity index (χ4n) is 3.28. The maximum atomic E-state index is 13.0. The van der Waals surface area contributed by atoms with Crippen LogP contribution in [0.1, 0.15) is 23.3 Å². The molecule has 1 aliphatic rings. The van der Waals surface area contributed by atoms with Gasteiger partial charge < -0.3 is 10.2 Å². The van der Waals surface area contributed by atoms with Gasteiger partial charge in [0.25, 0.3) is 0 Å². The van der Waals surface area contributed by atoms with Crippen LogP contribution >= 0.6 is 11.3 Å². The third-order valence-electron chi connectivity index (χ3n) is 4.59. The number of rotatable bonds is 6. The van der Waals surface area contributed by atoms with Crippen molar-refractivity contribution >= 4 is 17.2 Å². The predicted molar refractivity (Wildman–Crippen MR) is 92.6 cm³/mol. The molecule has 3 rings (SSSR count). The Balaban J connectivity index is 1.66. The Morgan fingerprint density at radius 2 is 2.39 bits per heavy atom. The molecule has 0 bridgehead atoms. The first-order valence-electron chi connectivity index (χ1n) is 8.19. The van der Waals surface area contributed by atoms with Crippen LogP contribution in [-0.4, -0.2) is 46.8 Å². The molecule has 0 radical (unpaired) electrons. The molecule has 1 fully saturated rings. The molecule has 2 aromatic rings. The van der Waals surface area contributed by atoms with Crippen LogP contribution in [0.25, 0.3) is 0 Å². The zero-order chi connectivity index (χ0) is 16.2. The predicted octanol–water partition coefficient (Wildman–Crippen LogP) is 1.88. The first-order valence-corrected chi connectivity index (χ1v) is 9.07. The molecule has 1 amide bonds. The Morgan fingerprint density at radius 3 is 3.04 bits per heavy atom. The summed E-state index contributed by atoms with van der Waals surface area (Å²) in [5.74, 6) is 0.511. The standard InChI is InChI=1S/C17H24N4OS/c1-3-21(7-6-14-5-4-8-23-14)17(22)16-11-18-10-15(16)13-9-19-20(2)12-13/h4-5,8-9,12,15-16,18H,3,6-7,10-11H2,1-2H3/t15-,16+/m1/s1. The highest BCUT2D eigenvalue weighted by atomic mass is 32.1. The molecule has 1 N–H and O–H groups in total. The number of likely N-dealkylation sites (N-methyl/N-ethyl adjacent to an activating group) is 1. The third kappa shape index (κ3) is 3.64. The van der Waals surface area contributed by atoms with Gasteiger partial charge in [0.15, 0.2) is 0 Å². The van der Waals surface area contributed by atoms with Gasteiger partial charge in [-0.25, -0.2) is 0 Å². The third-order valence-corrected chi connectivity index (χ3v) is 5.52. The first kappa shape index (κ1) is 16.2. The largest absolute Gasteiger partial charge is 0.342 e. The fraction of sp³-hybridized carbons (Fsp3) is 0.529. The van der Waals surface area contributed by atoms with E-state index >= 15 is 0 Å². The van der Waals surface area contributed by atoms with Crippen molar-refractivity contribution in [2.45, 2.75) is 19.3 Å². The van der Waals surface area contributed by atoms with Crippen molar-refractivity contribution in [2.75, 3.05) is 26.2 Å². The lowest BCUT2D eigenvalue weighted by Crippen LogP contribution is -2.39. The van der Waals surface area contributed by atoms with Gasteiger partial charge in [0.1, 0.15) is 0 Å². The van der Waals surface area contributed by atoms with Crippen molar-refractivity contribution in [1.29, 1.82) is 0 Å². The monoisotopic (exact) mass is 332 g/mol. The number of carbonyl (C=O) groups excluding carboxylic acids is 1. The van der Waals surface area contributed by atoms with Crippen LogP contribution in [0, 0.1) is 5.92 Å². The number of aromatic nitrogens is 2. The molecule has 2 aromatic heterocycles. The smallest absolute Gasteiger partial charge is 0.227 e. The molecule has 5 nitrogen and oxygen atoms in total. The lowest BCUT2D eigenvalue weighted by molar-refractivity contribution is -0.135. The zero-order valence-corrected chi connectivity index (χ0v) is 14.6. The quantitative estimate of drug-likeness (QED) is 0.879. The van der Waals surface area contributed by atoms with Crippen LogP contribution in [0.5, 0.6) is 0 Å². The summed E-state index contributed by atoms with van der Waals surface area (Å²) in [6, 6.07) is 4.20. The van der Waals surface area contributed by atoms with E-state index in [-0.39, 0.29) is 17.7 Å². The van der Waals surface area contributed by atoms with E-state index in [0.29, 0.717) is 0 Å². The number of nitrogens with zero attached hydrogens (tertiary/aromatic N) is 3.